The van der Waals surface area contributed by atoms with Crippen LogP contribution in [0.5, 0.6) is 0 Å². The topological polar surface area (TPSA) is 81.3 Å². The molecule has 0 saturated carbocycles. The second-order valence-corrected chi connectivity index (χ2v) is 6.24. The molecular formula is C19H24N4O2. The van der Waals surface area contributed by atoms with Crippen molar-refractivity contribution in [3.05, 3.63) is 42.2 Å². The van der Waals surface area contributed by atoms with Crippen LogP contribution in [-0.4, -0.2) is 46.6 Å². The molecule has 6 heteroatoms. The summed E-state index contributed by atoms with van der Waals surface area (Å²) < 4.78 is 5.76. The average Bonchev–Trinajstić information content (AvgIpc) is 2.67. The maximum Gasteiger partial charge on any atom is 0.253 e. The number of anilines is 1. The number of hydrogen-bond acceptors (Lipinski definition) is 5. The van der Waals surface area contributed by atoms with Crippen LogP contribution in [0.1, 0.15) is 36.5 Å². The number of nitrogens with zero attached hydrogens (tertiary/aromatic N) is 3. The first-order valence-electron chi connectivity index (χ1n) is 8.76. The highest BCUT2D eigenvalue weighted by Gasteiger charge is 2.21. The van der Waals surface area contributed by atoms with E-state index >= 15 is 0 Å². The minimum absolute atomic E-state index is 0.0339. The van der Waals surface area contributed by atoms with Crippen LogP contribution in [0.4, 0.5) is 5.82 Å². The molecule has 1 aromatic heterocycles. The zero-order chi connectivity index (χ0) is 17.6. The van der Waals surface area contributed by atoms with Crippen molar-refractivity contribution in [1.29, 1.82) is 0 Å². The number of nitrogen functional groups attached to an aromatic ring is 1. The van der Waals surface area contributed by atoms with Crippen molar-refractivity contribution in [3.63, 3.8) is 0 Å². The van der Waals surface area contributed by atoms with Crippen LogP contribution in [-0.2, 0) is 4.74 Å². The number of hydrogen-bond donors (Lipinski definition) is 1. The van der Waals surface area contributed by atoms with Crippen molar-refractivity contribution in [3.8, 4) is 11.3 Å². The van der Waals surface area contributed by atoms with Gasteiger partial charge in [0.05, 0.1) is 24.2 Å². The molecule has 25 heavy (non-hydrogen) atoms. The van der Waals surface area contributed by atoms with Gasteiger partial charge in [-0.15, -0.1) is 0 Å². The predicted molar refractivity (Wildman–Crippen MR) is 97.0 cm³/mol. The quantitative estimate of drug-likeness (QED) is 0.905. The van der Waals surface area contributed by atoms with Crippen LogP contribution in [0, 0.1) is 0 Å². The molecule has 0 aliphatic carbocycles. The van der Waals surface area contributed by atoms with E-state index in [0.717, 1.165) is 30.7 Å². The van der Waals surface area contributed by atoms with Crippen molar-refractivity contribution >= 4 is 11.7 Å². The van der Waals surface area contributed by atoms with Gasteiger partial charge < -0.3 is 15.4 Å². The lowest BCUT2D eigenvalue weighted by molar-refractivity contribution is -0.00311. The molecule has 6 nitrogen and oxygen atoms in total. The van der Waals surface area contributed by atoms with Crippen LogP contribution >= 0.6 is 0 Å². The third-order valence-electron chi connectivity index (χ3n) is 4.47. The molecule has 3 rings (SSSR count). The molecule has 2 aromatic rings. The Balaban J connectivity index is 1.69. The minimum atomic E-state index is 0.0339. The van der Waals surface area contributed by atoms with Crippen LogP contribution in [0.25, 0.3) is 11.3 Å². The summed E-state index contributed by atoms with van der Waals surface area (Å²) in [5.74, 6) is 0.422. The van der Waals surface area contributed by atoms with Gasteiger partial charge in [0.15, 0.2) is 0 Å². The first-order valence-corrected chi connectivity index (χ1v) is 8.76. The summed E-state index contributed by atoms with van der Waals surface area (Å²) in [5.41, 5.74) is 7.87. The van der Waals surface area contributed by atoms with E-state index < -0.39 is 0 Å². The van der Waals surface area contributed by atoms with Gasteiger partial charge in [0.1, 0.15) is 5.82 Å². The van der Waals surface area contributed by atoms with Gasteiger partial charge in [-0.1, -0.05) is 12.1 Å². The Labute approximate surface area is 148 Å². The van der Waals surface area contributed by atoms with Crippen LogP contribution in [0.2, 0.25) is 0 Å². The number of carbonyl (C=O) groups excluding carboxylic acids is 1. The summed E-state index contributed by atoms with van der Waals surface area (Å²) in [4.78, 5) is 22.9. The fourth-order valence-electron chi connectivity index (χ4n) is 3.01. The van der Waals surface area contributed by atoms with Crippen molar-refractivity contribution in [2.75, 3.05) is 25.4 Å². The summed E-state index contributed by atoms with van der Waals surface area (Å²) in [6.07, 6.45) is 6.63. The number of aromatic nitrogens is 2. The Bertz CT molecular complexity index is 694. The molecular weight excluding hydrogens is 316 g/mol. The van der Waals surface area contributed by atoms with Crippen molar-refractivity contribution in [2.45, 2.75) is 32.3 Å². The first-order chi connectivity index (χ1) is 12.2. The van der Waals surface area contributed by atoms with E-state index in [4.69, 9.17) is 10.5 Å². The van der Waals surface area contributed by atoms with Gasteiger partial charge in [0.25, 0.3) is 5.91 Å². The third kappa shape index (κ3) is 4.33. The van der Waals surface area contributed by atoms with Crippen molar-refractivity contribution in [2.24, 2.45) is 0 Å². The van der Waals surface area contributed by atoms with E-state index in [9.17, 15) is 4.79 Å². The molecule has 1 aliphatic rings. The summed E-state index contributed by atoms with van der Waals surface area (Å²) in [5, 5.41) is 0. The zero-order valence-electron chi connectivity index (χ0n) is 14.5. The summed E-state index contributed by atoms with van der Waals surface area (Å²) >= 11 is 0. The lowest BCUT2D eigenvalue weighted by atomic mass is 10.1. The number of likely N-dealkylation sites (N-methyl/N-ethyl adjacent to an activating group) is 1. The normalized spacial score (nSPS) is 17.2. The van der Waals surface area contributed by atoms with Gasteiger partial charge in [0.2, 0.25) is 0 Å². The zero-order valence-corrected chi connectivity index (χ0v) is 14.5. The van der Waals surface area contributed by atoms with Crippen molar-refractivity contribution < 1.29 is 9.53 Å². The number of nitrogens with two attached hydrogens (primary N) is 1. The Morgan fingerprint density at radius 1 is 1.24 bits per heavy atom. The second-order valence-electron chi connectivity index (χ2n) is 6.24. The second kappa shape index (κ2) is 8.07. The number of ether oxygens (including phenoxy) is 1. The molecule has 1 aromatic carbocycles. The monoisotopic (exact) mass is 340 g/mol. The number of amides is 1. The average molecular weight is 340 g/mol. The van der Waals surface area contributed by atoms with E-state index in [1.54, 1.807) is 6.20 Å². The fourth-order valence-corrected chi connectivity index (χ4v) is 3.01. The first kappa shape index (κ1) is 17.4. The molecule has 132 valence electrons. The maximum absolute atomic E-state index is 12.8. The van der Waals surface area contributed by atoms with E-state index in [2.05, 4.69) is 9.97 Å². The SMILES string of the molecule is CCN(CC1CCCCO1)C(=O)c1ccc(-c2cnc(N)cn2)cc1. The smallest absolute Gasteiger partial charge is 0.253 e. The van der Waals surface area contributed by atoms with Gasteiger partial charge in [-0.3, -0.25) is 9.78 Å². The Hall–Kier alpha value is -2.47. The largest absolute Gasteiger partial charge is 0.382 e. The van der Waals surface area contributed by atoms with Gasteiger partial charge >= 0.3 is 0 Å². The lowest BCUT2D eigenvalue weighted by Gasteiger charge is -2.29. The number of benzene rings is 1. The van der Waals surface area contributed by atoms with E-state index in [0.29, 0.717) is 24.5 Å². The summed E-state index contributed by atoms with van der Waals surface area (Å²) in [7, 11) is 0. The Morgan fingerprint density at radius 2 is 2.04 bits per heavy atom. The number of carbonyl (C=O) groups is 1. The molecule has 1 amide bonds. The fraction of sp³-hybridized carbons (Fsp3) is 0.421. The molecule has 0 spiro atoms. The molecule has 1 fully saturated rings. The van der Waals surface area contributed by atoms with Crippen LogP contribution < -0.4 is 5.73 Å². The van der Waals surface area contributed by atoms with Crippen molar-refractivity contribution in [1.82, 2.24) is 14.9 Å². The van der Waals surface area contributed by atoms with Gasteiger partial charge in [-0.25, -0.2) is 4.98 Å². The molecule has 2 heterocycles. The third-order valence-corrected chi connectivity index (χ3v) is 4.47. The van der Waals surface area contributed by atoms with Gasteiger partial charge in [0, 0.05) is 30.8 Å². The predicted octanol–water partition coefficient (Wildman–Crippen LogP) is 2.76. The number of rotatable bonds is 5. The highest BCUT2D eigenvalue weighted by Crippen LogP contribution is 2.19. The minimum Gasteiger partial charge on any atom is -0.382 e. The van der Waals surface area contributed by atoms with E-state index in [-0.39, 0.29) is 12.0 Å². The highest BCUT2D eigenvalue weighted by atomic mass is 16.5. The highest BCUT2D eigenvalue weighted by molar-refractivity contribution is 5.94. The molecule has 1 atom stereocenters. The molecule has 0 bridgehead atoms. The van der Waals surface area contributed by atoms with Gasteiger partial charge in [-0.2, -0.15) is 0 Å². The van der Waals surface area contributed by atoms with Crippen LogP contribution in [0.15, 0.2) is 36.7 Å². The van der Waals surface area contributed by atoms with Gasteiger partial charge in [-0.05, 0) is 38.3 Å². The maximum atomic E-state index is 12.8. The molecule has 2 N–H and O–H groups in total. The lowest BCUT2D eigenvalue weighted by Crippen LogP contribution is -2.39. The molecule has 1 saturated heterocycles. The Morgan fingerprint density at radius 3 is 2.64 bits per heavy atom. The molecule has 0 radical (unpaired) electrons. The molecule has 1 aliphatic heterocycles. The standard InChI is InChI=1S/C19H24N4O2/c1-2-23(13-16-5-3-4-10-25-16)19(24)15-8-6-14(7-9-15)17-11-22-18(20)12-21-17/h6-9,11-12,16H,2-5,10,13H2,1H3,(H2,20,22). The van der Waals surface area contributed by atoms with Crippen LogP contribution in [0.3, 0.4) is 0 Å². The summed E-state index contributed by atoms with van der Waals surface area (Å²) in [6, 6.07) is 7.44. The summed E-state index contributed by atoms with van der Waals surface area (Å²) in [6.45, 7) is 4.12. The van der Waals surface area contributed by atoms with E-state index in [1.165, 1.54) is 12.6 Å². The molecule has 1 unspecified atom stereocenters. The van der Waals surface area contributed by atoms with E-state index in [1.807, 2.05) is 36.1 Å². The Kier molecular flexibility index (Phi) is 5.60.